The summed E-state index contributed by atoms with van der Waals surface area (Å²) in [6.45, 7) is 2.97. The lowest BCUT2D eigenvalue weighted by atomic mass is 10.0. The quantitative estimate of drug-likeness (QED) is 0.491. The van der Waals surface area contributed by atoms with E-state index in [1.54, 1.807) is 0 Å². The minimum atomic E-state index is 0.120. The Labute approximate surface area is 121 Å². The van der Waals surface area contributed by atoms with E-state index in [2.05, 4.69) is 70.5 Å². The minimum Gasteiger partial charge on any atom is -0.273 e. The zero-order chi connectivity index (χ0) is 13.0. The third-order valence-corrected chi connectivity index (χ3v) is 3.57. The first kappa shape index (κ1) is 13.5. The van der Waals surface area contributed by atoms with E-state index < -0.39 is 0 Å². The van der Waals surface area contributed by atoms with E-state index in [-0.39, 0.29) is 6.04 Å². The average Bonchev–Trinajstić information content (AvgIpc) is 2.83. The summed E-state index contributed by atoms with van der Waals surface area (Å²) >= 11 is 2.31. The molecule has 1 aromatic heterocycles. The van der Waals surface area contributed by atoms with Crippen molar-refractivity contribution >= 4 is 22.6 Å². The van der Waals surface area contributed by atoms with Crippen molar-refractivity contribution in [3.05, 3.63) is 51.4 Å². The molecule has 4 nitrogen and oxygen atoms in total. The van der Waals surface area contributed by atoms with Crippen LogP contribution in [-0.2, 0) is 13.0 Å². The number of aryl methyl sites for hydroxylation is 1. The molecule has 1 unspecified atom stereocenters. The number of nitrogens with zero attached hydrogens (tertiary/aromatic N) is 2. The van der Waals surface area contributed by atoms with Crippen LogP contribution >= 0.6 is 22.6 Å². The van der Waals surface area contributed by atoms with Gasteiger partial charge in [-0.1, -0.05) is 12.1 Å². The van der Waals surface area contributed by atoms with Crippen LogP contribution in [0.4, 0.5) is 0 Å². The van der Waals surface area contributed by atoms with Gasteiger partial charge in [0.15, 0.2) is 0 Å². The van der Waals surface area contributed by atoms with Crippen molar-refractivity contribution in [3.8, 4) is 0 Å². The highest BCUT2D eigenvalue weighted by Crippen LogP contribution is 2.19. The van der Waals surface area contributed by atoms with E-state index in [0.29, 0.717) is 0 Å². The lowest BCUT2D eigenvalue weighted by Gasteiger charge is -2.15. The van der Waals surface area contributed by atoms with Gasteiger partial charge in [0.05, 0.1) is 12.2 Å². The van der Waals surface area contributed by atoms with Gasteiger partial charge in [-0.2, -0.15) is 5.10 Å². The molecule has 0 fully saturated rings. The van der Waals surface area contributed by atoms with Crippen LogP contribution in [0.2, 0.25) is 0 Å². The third-order valence-electron chi connectivity index (χ3n) is 2.90. The summed E-state index contributed by atoms with van der Waals surface area (Å²) in [6, 6.07) is 8.49. The van der Waals surface area contributed by atoms with Crippen LogP contribution in [0.5, 0.6) is 0 Å². The molecule has 0 saturated heterocycles. The molecule has 1 aromatic carbocycles. The highest BCUT2D eigenvalue weighted by molar-refractivity contribution is 14.1. The maximum Gasteiger partial charge on any atom is 0.0522 e. The van der Waals surface area contributed by atoms with E-state index in [1.807, 2.05) is 10.9 Å². The zero-order valence-electron chi connectivity index (χ0n) is 10.3. The molecule has 0 radical (unpaired) electrons. The molecule has 1 heterocycles. The Hall–Kier alpha value is -0.920. The predicted octanol–water partition coefficient (Wildman–Crippen LogP) is 2.25. The first-order valence-corrected chi connectivity index (χ1v) is 7.03. The number of halogens is 1. The molecule has 96 valence electrons. The Kier molecular flexibility index (Phi) is 4.73. The fourth-order valence-electron chi connectivity index (χ4n) is 1.92. The molecule has 0 spiro atoms. The molecule has 3 N–H and O–H groups in total. The Balaban J connectivity index is 2.14. The van der Waals surface area contributed by atoms with Gasteiger partial charge in [0.1, 0.15) is 0 Å². The largest absolute Gasteiger partial charge is 0.273 e. The topological polar surface area (TPSA) is 55.9 Å². The lowest BCUT2D eigenvalue weighted by molar-refractivity contribution is 0.551. The van der Waals surface area contributed by atoms with E-state index in [1.165, 1.54) is 14.7 Å². The van der Waals surface area contributed by atoms with Crippen LogP contribution in [0.1, 0.15) is 24.1 Å². The molecule has 0 amide bonds. The monoisotopic (exact) mass is 356 g/mol. The number of rotatable bonds is 5. The van der Waals surface area contributed by atoms with Crippen molar-refractivity contribution in [1.82, 2.24) is 15.2 Å². The summed E-state index contributed by atoms with van der Waals surface area (Å²) in [5.74, 6) is 5.66. The van der Waals surface area contributed by atoms with Gasteiger partial charge in [0.2, 0.25) is 0 Å². The Bertz CT molecular complexity index is 509. The van der Waals surface area contributed by atoms with Gasteiger partial charge < -0.3 is 0 Å². The highest BCUT2D eigenvalue weighted by atomic mass is 127. The van der Waals surface area contributed by atoms with Gasteiger partial charge in [-0.05, 0) is 59.2 Å². The molecule has 0 aliphatic carbocycles. The van der Waals surface area contributed by atoms with E-state index in [0.717, 1.165) is 13.0 Å². The van der Waals surface area contributed by atoms with Gasteiger partial charge in [0, 0.05) is 16.3 Å². The Morgan fingerprint density at radius 3 is 2.94 bits per heavy atom. The summed E-state index contributed by atoms with van der Waals surface area (Å²) in [4.78, 5) is 0. The standard InChI is InChI=1S/C13H17IN4/c1-2-18-9-10(8-16-18)6-13(17-15)11-4-3-5-12(14)7-11/h3-5,7-9,13,17H,2,6,15H2,1H3. The summed E-state index contributed by atoms with van der Waals surface area (Å²) in [7, 11) is 0. The summed E-state index contributed by atoms with van der Waals surface area (Å²) in [5, 5.41) is 4.28. The average molecular weight is 356 g/mol. The zero-order valence-corrected chi connectivity index (χ0v) is 12.5. The fraction of sp³-hybridized carbons (Fsp3) is 0.308. The van der Waals surface area contributed by atoms with E-state index in [9.17, 15) is 0 Å². The van der Waals surface area contributed by atoms with Gasteiger partial charge >= 0.3 is 0 Å². The second-order valence-electron chi connectivity index (χ2n) is 4.18. The maximum atomic E-state index is 5.66. The Morgan fingerprint density at radius 1 is 1.50 bits per heavy atom. The molecule has 0 bridgehead atoms. The highest BCUT2D eigenvalue weighted by Gasteiger charge is 2.11. The first-order chi connectivity index (χ1) is 8.72. The number of hydrogen-bond donors (Lipinski definition) is 2. The molecule has 0 aliphatic rings. The van der Waals surface area contributed by atoms with Crippen LogP contribution in [0.25, 0.3) is 0 Å². The molecule has 18 heavy (non-hydrogen) atoms. The first-order valence-electron chi connectivity index (χ1n) is 5.96. The summed E-state index contributed by atoms with van der Waals surface area (Å²) in [6.07, 6.45) is 4.82. The predicted molar refractivity (Wildman–Crippen MR) is 80.8 cm³/mol. The molecular weight excluding hydrogens is 339 g/mol. The molecule has 0 aliphatic heterocycles. The van der Waals surface area contributed by atoms with E-state index >= 15 is 0 Å². The van der Waals surface area contributed by atoms with Crippen molar-refractivity contribution in [2.45, 2.75) is 25.9 Å². The third kappa shape index (κ3) is 3.30. The number of nitrogens with one attached hydrogen (secondary N) is 1. The molecule has 1 atom stereocenters. The van der Waals surface area contributed by atoms with Crippen molar-refractivity contribution in [2.24, 2.45) is 5.84 Å². The van der Waals surface area contributed by atoms with Crippen LogP contribution in [0, 0.1) is 3.57 Å². The van der Waals surface area contributed by atoms with Crippen molar-refractivity contribution in [2.75, 3.05) is 0 Å². The second kappa shape index (κ2) is 6.31. The normalized spacial score (nSPS) is 12.6. The molecule has 2 rings (SSSR count). The van der Waals surface area contributed by atoms with Crippen LogP contribution in [-0.4, -0.2) is 9.78 Å². The number of hydrazine groups is 1. The van der Waals surface area contributed by atoms with Gasteiger partial charge in [0.25, 0.3) is 0 Å². The van der Waals surface area contributed by atoms with Crippen molar-refractivity contribution in [3.63, 3.8) is 0 Å². The number of hydrogen-bond acceptors (Lipinski definition) is 3. The van der Waals surface area contributed by atoms with Crippen molar-refractivity contribution < 1.29 is 0 Å². The number of benzene rings is 1. The van der Waals surface area contributed by atoms with Crippen LogP contribution in [0.3, 0.4) is 0 Å². The molecule has 0 saturated carbocycles. The smallest absolute Gasteiger partial charge is 0.0522 e. The second-order valence-corrected chi connectivity index (χ2v) is 5.43. The minimum absolute atomic E-state index is 0.120. The summed E-state index contributed by atoms with van der Waals surface area (Å²) in [5.41, 5.74) is 5.28. The SMILES string of the molecule is CCn1cc(CC(NN)c2cccc(I)c2)cn1. The van der Waals surface area contributed by atoms with Gasteiger partial charge in [-0.3, -0.25) is 16.0 Å². The van der Waals surface area contributed by atoms with E-state index in [4.69, 9.17) is 5.84 Å². The summed E-state index contributed by atoms with van der Waals surface area (Å²) < 4.78 is 3.15. The number of nitrogens with two attached hydrogens (primary N) is 1. The molecule has 5 heteroatoms. The molecular formula is C13H17IN4. The Morgan fingerprint density at radius 2 is 2.33 bits per heavy atom. The maximum absolute atomic E-state index is 5.66. The lowest BCUT2D eigenvalue weighted by Crippen LogP contribution is -2.29. The number of aromatic nitrogens is 2. The van der Waals surface area contributed by atoms with Gasteiger partial charge in [-0.15, -0.1) is 0 Å². The fourth-order valence-corrected chi connectivity index (χ4v) is 2.48. The van der Waals surface area contributed by atoms with Crippen molar-refractivity contribution in [1.29, 1.82) is 0 Å². The molecule has 2 aromatic rings. The van der Waals surface area contributed by atoms with Crippen LogP contribution < -0.4 is 11.3 Å². The van der Waals surface area contributed by atoms with Gasteiger partial charge in [-0.25, -0.2) is 0 Å². The van der Waals surface area contributed by atoms with Crippen LogP contribution in [0.15, 0.2) is 36.7 Å².